The van der Waals surface area contributed by atoms with Crippen molar-refractivity contribution in [3.05, 3.63) is 184 Å². The first-order valence-corrected chi connectivity index (χ1v) is 38.0. The van der Waals surface area contributed by atoms with Crippen molar-refractivity contribution in [1.29, 1.82) is 0 Å². The number of hydrogen-bond acceptors (Lipinski definition) is 29. The minimum Gasteiger partial charge on any atom is -0.451 e. The third-order valence-electron chi connectivity index (χ3n) is 15.4. The van der Waals surface area contributed by atoms with E-state index in [0.29, 0.717) is 111 Å². The molecule has 0 aliphatic heterocycles. The van der Waals surface area contributed by atoms with E-state index < -0.39 is 0 Å². The van der Waals surface area contributed by atoms with Gasteiger partial charge in [-0.05, 0) is 108 Å². The van der Waals surface area contributed by atoms with Crippen LogP contribution >= 0.6 is 34.9 Å². The molecule has 0 fully saturated rings. The van der Waals surface area contributed by atoms with Gasteiger partial charge in [0.15, 0.2) is 46.3 Å². The van der Waals surface area contributed by atoms with Crippen LogP contribution < -0.4 is 52.9 Å². The molecule has 572 valence electrons. The summed E-state index contributed by atoms with van der Waals surface area (Å²) in [5.41, 5.74) is 38.8. The number of nitrogens with zero attached hydrogens (tertiary/aromatic N) is 16. The van der Waals surface area contributed by atoms with Gasteiger partial charge in [-0.1, -0.05) is 95.6 Å². The maximum absolute atomic E-state index is 6.01. The number of aryl methyl sites for hydroxylation is 6. The average molecular weight is 1530 g/mol. The van der Waals surface area contributed by atoms with Gasteiger partial charge in [0, 0.05) is 118 Å². The van der Waals surface area contributed by atoms with Gasteiger partial charge in [0.2, 0.25) is 0 Å². The Bertz CT molecular complexity index is 4850. The molecule has 0 amide bonds. The fraction of sp³-hybridized carbons (Fsp3) is 0.350. The molecule has 11 heterocycles. The molecular formula is C80H100N22O4S3. The maximum Gasteiger partial charge on any atom is 0.187 e. The van der Waals surface area contributed by atoms with Gasteiger partial charge < -0.3 is 52.9 Å². The first kappa shape index (κ1) is 85.0. The normalized spacial score (nSPS) is 10.9. The molecule has 0 aliphatic carbocycles. The van der Waals surface area contributed by atoms with Crippen LogP contribution in [0.3, 0.4) is 0 Å². The summed E-state index contributed by atoms with van der Waals surface area (Å²) in [7, 11) is 0. The Kier molecular flexibility index (Phi) is 30.9. The van der Waals surface area contributed by atoms with E-state index in [0.717, 1.165) is 106 Å². The molecule has 0 saturated heterocycles. The number of hydrogen-bond donors (Lipinski definition) is 6. The van der Waals surface area contributed by atoms with Gasteiger partial charge in [0.1, 0.15) is 85.2 Å². The Labute approximate surface area is 652 Å². The van der Waals surface area contributed by atoms with Gasteiger partial charge in [-0.25, -0.2) is 74.8 Å². The predicted octanol–water partition coefficient (Wildman–Crippen LogP) is 17.9. The van der Waals surface area contributed by atoms with E-state index in [2.05, 4.69) is 181 Å². The van der Waals surface area contributed by atoms with Crippen LogP contribution in [0, 0.1) is 53.9 Å². The average Bonchev–Trinajstić information content (AvgIpc) is 1.02. The highest BCUT2D eigenvalue weighted by atomic mass is 32.2. The summed E-state index contributed by atoms with van der Waals surface area (Å²) in [6.07, 6.45) is 25.1. The van der Waals surface area contributed by atoms with Gasteiger partial charge >= 0.3 is 0 Å². The van der Waals surface area contributed by atoms with E-state index in [1.54, 1.807) is 99.7 Å². The number of allylic oxidation sites excluding steroid dienone is 1. The summed E-state index contributed by atoms with van der Waals surface area (Å²) in [5.74, 6) is 15.1. The number of nitrogen functional groups attached to an aromatic ring is 5. The number of nitrogens with one attached hydrogen (secondary N) is 1. The molecule has 109 heavy (non-hydrogen) atoms. The van der Waals surface area contributed by atoms with Gasteiger partial charge in [0.05, 0.1) is 29.8 Å². The van der Waals surface area contributed by atoms with Crippen LogP contribution in [0.2, 0.25) is 0 Å². The number of nitrogens with two attached hydrogens (primary N) is 5. The summed E-state index contributed by atoms with van der Waals surface area (Å²) < 4.78 is 24.0. The number of ether oxygens (including phenoxy) is 4. The first-order valence-electron chi connectivity index (χ1n) is 35.4. The van der Waals surface area contributed by atoms with E-state index >= 15 is 0 Å². The summed E-state index contributed by atoms with van der Waals surface area (Å²) in [5, 5.41) is 5.89. The molecule has 11 N–H and O–H groups in total. The summed E-state index contributed by atoms with van der Waals surface area (Å²) in [4.78, 5) is 69.1. The molecule has 0 atom stereocenters. The lowest BCUT2D eigenvalue weighted by molar-refractivity contribution is 0.467. The molecule has 29 heteroatoms. The quantitative estimate of drug-likeness (QED) is 0.0287. The molecule has 0 spiro atoms. The lowest BCUT2D eigenvalue weighted by atomic mass is 9.98. The second-order valence-corrected chi connectivity index (χ2v) is 31.5. The van der Waals surface area contributed by atoms with Gasteiger partial charge in [-0.3, -0.25) is 4.98 Å². The Balaban J connectivity index is 0.000000190. The Morgan fingerprint density at radius 3 is 1.27 bits per heavy atom. The smallest absolute Gasteiger partial charge is 0.187 e. The van der Waals surface area contributed by atoms with Gasteiger partial charge in [-0.2, -0.15) is 0 Å². The fourth-order valence-electron chi connectivity index (χ4n) is 9.96. The number of aromatic nitrogens is 16. The van der Waals surface area contributed by atoms with E-state index in [-0.39, 0.29) is 16.6 Å². The minimum absolute atomic E-state index is 0.0790. The van der Waals surface area contributed by atoms with Crippen LogP contribution in [0.1, 0.15) is 199 Å². The molecule has 0 aromatic carbocycles. The van der Waals surface area contributed by atoms with Crippen LogP contribution in [0.4, 0.5) is 34.9 Å². The highest BCUT2D eigenvalue weighted by molar-refractivity contribution is 8.00. The van der Waals surface area contributed by atoms with Crippen LogP contribution in [0.25, 0.3) is 16.3 Å². The van der Waals surface area contributed by atoms with Crippen molar-refractivity contribution in [3.63, 3.8) is 0 Å². The molecule has 0 radical (unpaired) electrons. The Hall–Kier alpha value is -11.2. The molecule has 11 aromatic heterocycles. The topological polar surface area (TPSA) is 385 Å². The molecule has 0 bridgehead atoms. The SMILES string of the molecule is C#Cc1cc(Cc2cnc(C)nc2N)c(C(=C)C)cn1.CCNc1cc(Oc2cnc(C)nc2N)c(C(C)C)cn1.CCSc1cc(Oc2cnc(C)nc2N)c(C(C)C)cn1.Cc1ncc(Oc2cc(-c3ncc(C)s3)ncc2C(C)C)c(N)n1.Cc1ncc(Oc2cc(SC(C)(C)C)ncc2C(C)C)c(N)n1. The van der Waals surface area contributed by atoms with Crippen LogP contribution in [-0.4, -0.2) is 96.8 Å². The minimum atomic E-state index is 0.0790. The van der Waals surface area contributed by atoms with E-state index in [4.69, 9.17) is 54.0 Å². The zero-order valence-corrected chi connectivity index (χ0v) is 68.3. The monoisotopic (exact) mass is 1530 g/mol. The Morgan fingerprint density at radius 1 is 0.477 bits per heavy atom. The maximum atomic E-state index is 6.01. The number of thiazole rings is 1. The van der Waals surface area contributed by atoms with Crippen molar-refractivity contribution in [3.8, 4) is 69.0 Å². The third-order valence-corrected chi connectivity index (χ3v) is 18.2. The predicted molar refractivity (Wildman–Crippen MR) is 441 cm³/mol. The van der Waals surface area contributed by atoms with E-state index in [9.17, 15) is 0 Å². The van der Waals surface area contributed by atoms with Crippen molar-refractivity contribution < 1.29 is 18.9 Å². The fourth-order valence-corrected chi connectivity index (χ4v) is 12.2. The lowest BCUT2D eigenvalue weighted by Crippen LogP contribution is -2.08. The molecule has 0 aliphatic rings. The highest BCUT2D eigenvalue weighted by Crippen LogP contribution is 2.41. The molecule has 0 unspecified atom stereocenters. The number of anilines is 6. The van der Waals surface area contributed by atoms with Gasteiger partial charge in [0.25, 0.3) is 0 Å². The van der Waals surface area contributed by atoms with Crippen LogP contribution in [0.5, 0.6) is 46.0 Å². The second-order valence-electron chi connectivity index (χ2n) is 27.1. The van der Waals surface area contributed by atoms with E-state index in [1.807, 2.05) is 89.0 Å². The standard InChI is InChI=1S/C17H19N5OS.C17H24N4OS.C16H16N4.C15H21N5O.C15H20N4OS/c1-9(2)12-7-20-13(17-21-6-10(3)24-17)5-14(12)23-15-8-19-11(4)22-16(15)18;1-10(2)12-8-20-15(23-17(4,5)6)7-13(12)22-14-9-19-11(3)21-16(14)18;1-5-14-7-12(15(9-19-14)10(2)3)6-13-8-18-11(4)20-16(13)17;1-5-17-14-6-12(11(7-19-14)9(2)3)21-13-8-18-10(4)20-15(13)16;1-5-21-14-6-12(11(7-18-14)9(2)3)20-13-8-17-10(4)19-15(13)16/h5-9H,1-4H3,(H2,18,19,22);7-10H,1-6H3,(H2,18,19,21);1,7-9H,2,6H2,3-4H3,(H2,17,18,20);6-9H,5H2,1-4H3,(H,17,19)(H2,16,18,20);6-9H,5H2,1-4H3,(H2,16,17,19). The van der Waals surface area contributed by atoms with Crippen molar-refractivity contribution in [1.82, 2.24) is 79.7 Å². The van der Waals surface area contributed by atoms with Crippen molar-refractivity contribution in [2.45, 2.75) is 183 Å². The highest BCUT2D eigenvalue weighted by Gasteiger charge is 2.21. The second kappa shape index (κ2) is 39.6. The molecule has 11 rings (SSSR count). The van der Waals surface area contributed by atoms with Gasteiger partial charge in [-0.15, -0.1) is 41.3 Å². The molecule has 0 saturated carbocycles. The Morgan fingerprint density at radius 2 is 0.881 bits per heavy atom. The van der Waals surface area contributed by atoms with Crippen molar-refractivity contribution in [2.24, 2.45) is 0 Å². The van der Waals surface area contributed by atoms with Crippen LogP contribution in [-0.2, 0) is 6.42 Å². The zero-order valence-electron chi connectivity index (χ0n) is 65.9. The third kappa shape index (κ3) is 25.5. The van der Waals surface area contributed by atoms with Crippen LogP contribution in [0.15, 0.2) is 115 Å². The summed E-state index contributed by atoms with van der Waals surface area (Å²) in [6, 6.07) is 9.56. The van der Waals surface area contributed by atoms with Crippen molar-refractivity contribution in [2.75, 3.05) is 46.3 Å². The number of terminal acetylenes is 1. The zero-order chi connectivity index (χ0) is 80.0. The van der Waals surface area contributed by atoms with E-state index in [1.165, 1.54) is 0 Å². The number of thioether (sulfide) groups is 2. The first-order chi connectivity index (χ1) is 51.6. The summed E-state index contributed by atoms with van der Waals surface area (Å²) >= 11 is 4.97. The number of rotatable bonds is 21. The molecule has 11 aromatic rings. The van der Waals surface area contributed by atoms with Crippen molar-refractivity contribution >= 4 is 75.3 Å². The molecular weight excluding hydrogens is 1430 g/mol. The number of pyridine rings is 5. The largest absolute Gasteiger partial charge is 0.451 e. The summed E-state index contributed by atoms with van der Waals surface area (Å²) in [6.45, 7) is 45.0. The molecule has 26 nitrogen and oxygen atoms in total. The lowest BCUT2D eigenvalue weighted by Gasteiger charge is -2.19.